The van der Waals surface area contributed by atoms with Crippen LogP contribution in [0, 0.1) is 6.92 Å². The minimum Gasteiger partial charge on any atom is -0.444 e. The summed E-state index contributed by atoms with van der Waals surface area (Å²) in [7, 11) is 2.03. The predicted molar refractivity (Wildman–Crippen MR) is 92.8 cm³/mol. The summed E-state index contributed by atoms with van der Waals surface area (Å²) in [5.41, 5.74) is 0.693. The molecule has 0 aromatic carbocycles. The van der Waals surface area contributed by atoms with Gasteiger partial charge in [-0.3, -0.25) is 0 Å². The van der Waals surface area contributed by atoms with Gasteiger partial charge in [-0.15, -0.1) is 0 Å². The number of likely N-dealkylation sites (N-methyl/N-ethyl adjacent to an activating group) is 1. The Labute approximate surface area is 139 Å². The number of hydrogen-bond acceptors (Lipinski definition) is 4. The molecule has 23 heavy (non-hydrogen) atoms. The van der Waals surface area contributed by atoms with Gasteiger partial charge >= 0.3 is 6.09 Å². The van der Waals surface area contributed by atoms with Crippen molar-refractivity contribution in [2.75, 3.05) is 25.0 Å². The Morgan fingerprint density at radius 1 is 1.39 bits per heavy atom. The summed E-state index contributed by atoms with van der Waals surface area (Å²) in [4.78, 5) is 20.9. The Morgan fingerprint density at radius 3 is 2.74 bits per heavy atom. The first-order valence-corrected chi connectivity index (χ1v) is 8.40. The molecule has 1 fully saturated rings. The summed E-state index contributed by atoms with van der Waals surface area (Å²) in [5, 5.41) is 0. The number of carbonyl (C=O) groups excluding carboxylic acids is 1. The molecule has 1 aromatic rings. The van der Waals surface area contributed by atoms with Gasteiger partial charge in [-0.1, -0.05) is 6.07 Å². The van der Waals surface area contributed by atoms with Crippen molar-refractivity contribution in [1.82, 2.24) is 9.88 Å². The lowest BCUT2D eigenvalue weighted by molar-refractivity contribution is 0.0108. The van der Waals surface area contributed by atoms with Gasteiger partial charge in [0, 0.05) is 26.3 Å². The fourth-order valence-electron chi connectivity index (χ4n) is 2.85. The van der Waals surface area contributed by atoms with E-state index in [0.717, 1.165) is 43.7 Å². The number of carbonyl (C=O) groups is 1. The number of anilines is 1. The van der Waals surface area contributed by atoms with Crippen LogP contribution in [0.2, 0.25) is 0 Å². The Bertz CT molecular complexity index is 522. The zero-order valence-electron chi connectivity index (χ0n) is 15.0. The first-order chi connectivity index (χ1) is 10.8. The molecule has 1 unspecified atom stereocenters. The number of aryl methyl sites for hydroxylation is 1. The SMILES string of the molecule is Cc1ccc(N(C)CC2CCCCN2C(=O)OC(C)(C)C)nc1. The summed E-state index contributed by atoms with van der Waals surface area (Å²) >= 11 is 0. The highest BCUT2D eigenvalue weighted by Crippen LogP contribution is 2.22. The first kappa shape index (κ1) is 17.6. The molecule has 1 atom stereocenters. The lowest BCUT2D eigenvalue weighted by atomic mass is 10.0. The van der Waals surface area contributed by atoms with Gasteiger partial charge in [0.25, 0.3) is 0 Å². The third-order valence-electron chi connectivity index (χ3n) is 4.03. The molecule has 1 amide bonds. The van der Waals surface area contributed by atoms with Crippen molar-refractivity contribution in [2.45, 2.75) is 58.6 Å². The van der Waals surface area contributed by atoms with E-state index >= 15 is 0 Å². The van der Waals surface area contributed by atoms with Crippen LogP contribution in [-0.2, 0) is 4.74 Å². The van der Waals surface area contributed by atoms with Crippen LogP contribution in [-0.4, -0.2) is 47.8 Å². The summed E-state index contributed by atoms with van der Waals surface area (Å²) in [6.07, 6.45) is 4.88. The summed E-state index contributed by atoms with van der Waals surface area (Å²) in [6.45, 7) is 9.30. The van der Waals surface area contributed by atoms with Gasteiger partial charge in [-0.2, -0.15) is 0 Å². The van der Waals surface area contributed by atoms with Gasteiger partial charge in [-0.25, -0.2) is 9.78 Å². The van der Waals surface area contributed by atoms with Crippen LogP contribution in [0.3, 0.4) is 0 Å². The molecule has 1 aromatic heterocycles. The van der Waals surface area contributed by atoms with Gasteiger partial charge < -0.3 is 14.5 Å². The van der Waals surface area contributed by atoms with E-state index < -0.39 is 5.60 Å². The van der Waals surface area contributed by atoms with Crippen molar-refractivity contribution in [3.63, 3.8) is 0 Å². The Balaban J connectivity index is 2.03. The number of aromatic nitrogens is 1. The molecule has 0 N–H and O–H groups in total. The van der Waals surface area contributed by atoms with Crippen LogP contribution >= 0.6 is 0 Å². The minimum atomic E-state index is -0.455. The molecular weight excluding hydrogens is 290 g/mol. The average molecular weight is 319 g/mol. The number of rotatable bonds is 3. The van der Waals surface area contributed by atoms with Gasteiger partial charge in [-0.05, 0) is 58.6 Å². The lowest BCUT2D eigenvalue weighted by Crippen LogP contribution is -2.50. The van der Waals surface area contributed by atoms with Crippen LogP contribution in [0.25, 0.3) is 0 Å². The topological polar surface area (TPSA) is 45.7 Å². The van der Waals surface area contributed by atoms with E-state index in [9.17, 15) is 4.79 Å². The highest BCUT2D eigenvalue weighted by atomic mass is 16.6. The smallest absolute Gasteiger partial charge is 0.410 e. The van der Waals surface area contributed by atoms with Crippen molar-refractivity contribution < 1.29 is 9.53 Å². The second-order valence-corrected chi connectivity index (χ2v) is 7.40. The fraction of sp³-hybridized carbons (Fsp3) is 0.667. The largest absolute Gasteiger partial charge is 0.444 e. The Kier molecular flexibility index (Phi) is 5.50. The molecule has 0 spiro atoms. The fourth-order valence-corrected chi connectivity index (χ4v) is 2.85. The van der Waals surface area contributed by atoms with Crippen molar-refractivity contribution in [1.29, 1.82) is 0 Å². The van der Waals surface area contributed by atoms with Gasteiger partial charge in [0.1, 0.15) is 11.4 Å². The van der Waals surface area contributed by atoms with E-state index in [4.69, 9.17) is 4.74 Å². The number of hydrogen-bond donors (Lipinski definition) is 0. The standard InChI is InChI=1S/C18H29N3O2/c1-14-9-10-16(19-12-14)20(5)13-15-8-6-7-11-21(15)17(22)23-18(2,3)4/h9-10,12,15H,6-8,11,13H2,1-5H3. The maximum Gasteiger partial charge on any atom is 0.410 e. The van der Waals surface area contributed by atoms with E-state index in [-0.39, 0.29) is 12.1 Å². The second-order valence-electron chi connectivity index (χ2n) is 7.40. The van der Waals surface area contributed by atoms with Crippen LogP contribution in [0.5, 0.6) is 0 Å². The summed E-state index contributed by atoms with van der Waals surface area (Å²) in [6, 6.07) is 4.26. The van der Waals surface area contributed by atoms with Crippen LogP contribution in [0.1, 0.15) is 45.6 Å². The van der Waals surface area contributed by atoms with Crippen molar-refractivity contribution in [3.05, 3.63) is 23.9 Å². The average Bonchev–Trinajstić information content (AvgIpc) is 2.46. The Morgan fingerprint density at radius 2 is 2.13 bits per heavy atom. The molecule has 128 valence electrons. The molecule has 5 nitrogen and oxygen atoms in total. The van der Waals surface area contributed by atoms with Gasteiger partial charge in [0.15, 0.2) is 0 Å². The second kappa shape index (κ2) is 7.20. The summed E-state index contributed by atoms with van der Waals surface area (Å²) in [5.74, 6) is 0.935. The molecule has 1 saturated heterocycles. The molecule has 5 heteroatoms. The van der Waals surface area contributed by atoms with Crippen molar-refractivity contribution >= 4 is 11.9 Å². The molecule has 2 heterocycles. The van der Waals surface area contributed by atoms with Gasteiger partial charge in [0.05, 0.1) is 6.04 Å². The molecule has 1 aliphatic heterocycles. The maximum atomic E-state index is 12.5. The number of piperidine rings is 1. The van der Waals surface area contributed by atoms with E-state index in [2.05, 4.69) is 16.0 Å². The monoisotopic (exact) mass is 319 g/mol. The van der Waals surface area contributed by atoms with E-state index in [1.165, 1.54) is 0 Å². The number of likely N-dealkylation sites (tertiary alicyclic amines) is 1. The lowest BCUT2D eigenvalue weighted by Gasteiger charge is -2.38. The van der Waals surface area contributed by atoms with E-state index in [0.29, 0.717) is 0 Å². The number of pyridine rings is 1. The highest BCUT2D eigenvalue weighted by molar-refractivity contribution is 5.68. The molecule has 0 aliphatic carbocycles. The Hall–Kier alpha value is -1.78. The third kappa shape index (κ3) is 5.12. The normalized spacial score (nSPS) is 18.7. The van der Waals surface area contributed by atoms with Crippen LogP contribution in [0.15, 0.2) is 18.3 Å². The molecule has 0 radical (unpaired) electrons. The molecular formula is C18H29N3O2. The van der Waals surface area contributed by atoms with Crippen molar-refractivity contribution in [3.8, 4) is 0 Å². The molecule has 2 rings (SSSR count). The maximum absolute atomic E-state index is 12.5. The third-order valence-corrected chi connectivity index (χ3v) is 4.03. The van der Waals surface area contributed by atoms with Crippen LogP contribution in [0.4, 0.5) is 10.6 Å². The summed E-state index contributed by atoms with van der Waals surface area (Å²) < 4.78 is 5.56. The molecule has 0 bridgehead atoms. The minimum absolute atomic E-state index is 0.173. The predicted octanol–water partition coefficient (Wildman–Crippen LogP) is 3.62. The molecule has 1 aliphatic rings. The highest BCUT2D eigenvalue weighted by Gasteiger charge is 2.31. The van der Waals surface area contributed by atoms with E-state index in [1.54, 1.807) is 0 Å². The zero-order chi connectivity index (χ0) is 17.0. The number of amides is 1. The van der Waals surface area contributed by atoms with E-state index in [1.807, 2.05) is 51.9 Å². The molecule has 0 saturated carbocycles. The van der Waals surface area contributed by atoms with Gasteiger partial charge in [0.2, 0.25) is 0 Å². The number of ether oxygens (including phenoxy) is 1. The van der Waals surface area contributed by atoms with Crippen molar-refractivity contribution in [2.24, 2.45) is 0 Å². The van der Waals surface area contributed by atoms with Crippen LogP contribution < -0.4 is 4.90 Å². The first-order valence-electron chi connectivity index (χ1n) is 8.40. The zero-order valence-corrected chi connectivity index (χ0v) is 15.0. The number of nitrogens with zero attached hydrogens (tertiary/aromatic N) is 3. The quantitative estimate of drug-likeness (QED) is 0.853.